The fraction of sp³-hybridized carbons (Fsp3) is 0.381. The van der Waals surface area contributed by atoms with Gasteiger partial charge in [-0.2, -0.15) is 0 Å². The van der Waals surface area contributed by atoms with Crippen LogP contribution >= 0.6 is 11.8 Å². The molecule has 0 unspecified atom stereocenters. The van der Waals surface area contributed by atoms with Gasteiger partial charge in [0.1, 0.15) is 11.3 Å². The number of hydrogen-bond donors (Lipinski definition) is 1. The number of thioether (sulfide) groups is 1. The fourth-order valence-corrected chi connectivity index (χ4v) is 4.44. The van der Waals surface area contributed by atoms with Crippen molar-refractivity contribution in [3.63, 3.8) is 0 Å². The molecular formula is C21H24N2O4S. The number of nitrogens with zero attached hydrogens (tertiary/aromatic N) is 1. The smallest absolute Gasteiger partial charge is 0.282 e. The van der Waals surface area contributed by atoms with Crippen LogP contribution in [0.5, 0.6) is 5.75 Å². The SMILES string of the molecule is COc1ccccc1C1(CNC(=O)c2cc(SC)ccc2[N+](=O)[O-])CCCC1. The van der Waals surface area contributed by atoms with Crippen molar-refractivity contribution in [2.24, 2.45) is 0 Å². The maximum absolute atomic E-state index is 12.9. The van der Waals surface area contributed by atoms with Crippen LogP contribution in [0.4, 0.5) is 5.69 Å². The molecule has 2 aromatic carbocycles. The number of nitro groups is 1. The van der Waals surface area contributed by atoms with Crippen LogP contribution in [-0.2, 0) is 5.41 Å². The Labute approximate surface area is 168 Å². The summed E-state index contributed by atoms with van der Waals surface area (Å²) in [6.07, 6.45) is 5.92. The van der Waals surface area contributed by atoms with Gasteiger partial charge in [0.05, 0.1) is 12.0 Å². The van der Waals surface area contributed by atoms with Crippen LogP contribution in [0.3, 0.4) is 0 Å². The minimum atomic E-state index is -0.509. The number of hydrogen-bond acceptors (Lipinski definition) is 5. The van der Waals surface area contributed by atoms with E-state index in [4.69, 9.17) is 4.74 Å². The molecule has 0 bridgehead atoms. The summed E-state index contributed by atoms with van der Waals surface area (Å²) < 4.78 is 5.55. The Bertz CT molecular complexity index is 878. The van der Waals surface area contributed by atoms with Crippen LogP contribution in [-0.4, -0.2) is 30.7 Å². The summed E-state index contributed by atoms with van der Waals surface area (Å²) in [5, 5.41) is 14.3. The summed E-state index contributed by atoms with van der Waals surface area (Å²) in [5.74, 6) is 0.401. The molecule has 1 N–H and O–H groups in total. The fourth-order valence-electron chi connectivity index (χ4n) is 4.00. The topological polar surface area (TPSA) is 81.5 Å². The third-order valence-corrected chi connectivity index (χ3v) is 6.20. The van der Waals surface area contributed by atoms with E-state index in [2.05, 4.69) is 5.32 Å². The zero-order valence-electron chi connectivity index (χ0n) is 16.1. The van der Waals surface area contributed by atoms with E-state index >= 15 is 0 Å². The van der Waals surface area contributed by atoms with Gasteiger partial charge in [0.15, 0.2) is 0 Å². The number of carbonyl (C=O) groups is 1. The predicted octanol–water partition coefficient (Wildman–Crippen LogP) is 4.57. The van der Waals surface area contributed by atoms with Gasteiger partial charge in [0.25, 0.3) is 11.6 Å². The van der Waals surface area contributed by atoms with Gasteiger partial charge in [-0.15, -0.1) is 11.8 Å². The zero-order valence-corrected chi connectivity index (χ0v) is 16.9. The highest BCUT2D eigenvalue weighted by atomic mass is 32.2. The first-order valence-corrected chi connectivity index (χ1v) is 10.5. The average molecular weight is 401 g/mol. The van der Waals surface area contributed by atoms with Crippen LogP contribution in [0, 0.1) is 10.1 Å². The Morgan fingerprint density at radius 2 is 1.96 bits per heavy atom. The number of amides is 1. The largest absolute Gasteiger partial charge is 0.496 e. The molecule has 0 aromatic heterocycles. The predicted molar refractivity (Wildman–Crippen MR) is 110 cm³/mol. The number of carbonyl (C=O) groups excluding carboxylic acids is 1. The molecule has 3 rings (SSSR count). The van der Waals surface area contributed by atoms with Crippen LogP contribution in [0.2, 0.25) is 0 Å². The molecule has 1 aliphatic carbocycles. The quantitative estimate of drug-likeness (QED) is 0.418. The van der Waals surface area contributed by atoms with Crippen molar-refractivity contribution in [3.8, 4) is 5.75 Å². The van der Waals surface area contributed by atoms with Gasteiger partial charge in [-0.25, -0.2) is 0 Å². The van der Waals surface area contributed by atoms with E-state index in [1.54, 1.807) is 19.2 Å². The van der Waals surface area contributed by atoms with Gasteiger partial charge in [-0.05, 0) is 37.3 Å². The number of nitro benzene ring substituents is 1. The Hall–Kier alpha value is -2.54. The second-order valence-electron chi connectivity index (χ2n) is 7.01. The highest BCUT2D eigenvalue weighted by Gasteiger charge is 2.38. The van der Waals surface area contributed by atoms with E-state index in [0.717, 1.165) is 41.9 Å². The molecule has 0 saturated heterocycles. The standard InChI is InChI=1S/C21H24N2O4S/c1-27-19-8-4-3-7-17(19)21(11-5-6-12-21)14-22-20(24)16-13-15(28-2)9-10-18(16)23(25)26/h3-4,7-10,13H,5-6,11-12,14H2,1-2H3,(H,22,24). The van der Waals surface area contributed by atoms with Gasteiger partial charge in [-0.3, -0.25) is 14.9 Å². The normalized spacial score (nSPS) is 15.2. The van der Waals surface area contributed by atoms with Crippen molar-refractivity contribution in [3.05, 3.63) is 63.7 Å². The minimum Gasteiger partial charge on any atom is -0.496 e. The number of rotatable bonds is 7. The Morgan fingerprint density at radius 1 is 1.25 bits per heavy atom. The van der Waals surface area contributed by atoms with Crippen LogP contribution < -0.4 is 10.1 Å². The molecule has 1 amide bonds. The van der Waals surface area contributed by atoms with Gasteiger partial charge in [0.2, 0.25) is 0 Å². The van der Waals surface area contributed by atoms with Gasteiger partial charge < -0.3 is 10.1 Å². The summed E-state index contributed by atoms with van der Waals surface area (Å²) >= 11 is 1.45. The molecule has 0 radical (unpaired) electrons. The van der Waals surface area contributed by atoms with Crippen molar-refractivity contribution in [2.45, 2.75) is 36.0 Å². The highest BCUT2D eigenvalue weighted by molar-refractivity contribution is 7.98. The van der Waals surface area contributed by atoms with E-state index < -0.39 is 10.8 Å². The summed E-state index contributed by atoms with van der Waals surface area (Å²) in [6.45, 7) is 0.423. The summed E-state index contributed by atoms with van der Waals surface area (Å²) in [4.78, 5) is 24.5. The van der Waals surface area contributed by atoms with Gasteiger partial charge in [0, 0.05) is 28.5 Å². The molecule has 1 saturated carbocycles. The zero-order chi connectivity index (χ0) is 20.1. The molecule has 7 heteroatoms. The van der Waals surface area contributed by atoms with Gasteiger partial charge in [-0.1, -0.05) is 31.0 Å². The maximum atomic E-state index is 12.9. The van der Waals surface area contributed by atoms with E-state index in [0.29, 0.717) is 6.54 Å². The molecular weight excluding hydrogens is 376 g/mol. The highest BCUT2D eigenvalue weighted by Crippen LogP contribution is 2.44. The first-order chi connectivity index (χ1) is 13.5. The third kappa shape index (κ3) is 3.99. The van der Waals surface area contributed by atoms with Crippen LogP contribution in [0.1, 0.15) is 41.6 Å². The first-order valence-electron chi connectivity index (χ1n) is 9.25. The lowest BCUT2D eigenvalue weighted by Crippen LogP contribution is -2.39. The van der Waals surface area contributed by atoms with E-state index in [-0.39, 0.29) is 16.7 Å². The molecule has 0 atom stereocenters. The second kappa shape index (κ2) is 8.65. The first kappa shape index (κ1) is 20.2. The molecule has 0 aliphatic heterocycles. The average Bonchev–Trinajstić information content (AvgIpc) is 3.21. The number of benzene rings is 2. The molecule has 1 fully saturated rings. The maximum Gasteiger partial charge on any atom is 0.282 e. The molecule has 28 heavy (non-hydrogen) atoms. The second-order valence-corrected chi connectivity index (χ2v) is 7.89. The van der Waals surface area contributed by atoms with Crippen molar-refractivity contribution in [2.75, 3.05) is 19.9 Å². The monoisotopic (exact) mass is 400 g/mol. The van der Waals surface area contributed by atoms with Crippen LogP contribution in [0.25, 0.3) is 0 Å². The molecule has 148 valence electrons. The van der Waals surface area contributed by atoms with E-state index in [1.807, 2.05) is 30.5 Å². The Kier molecular flexibility index (Phi) is 6.24. The lowest BCUT2D eigenvalue weighted by molar-refractivity contribution is -0.385. The number of methoxy groups -OCH3 is 1. The lowest BCUT2D eigenvalue weighted by Gasteiger charge is -2.31. The third-order valence-electron chi connectivity index (χ3n) is 5.47. The van der Waals surface area contributed by atoms with Gasteiger partial charge >= 0.3 is 0 Å². The number of para-hydroxylation sites is 1. The van der Waals surface area contributed by atoms with Crippen LogP contribution in [0.15, 0.2) is 47.4 Å². The Morgan fingerprint density at radius 3 is 2.61 bits per heavy atom. The molecule has 1 aliphatic rings. The molecule has 0 heterocycles. The molecule has 0 spiro atoms. The number of nitrogens with one attached hydrogen (secondary N) is 1. The van der Waals surface area contributed by atoms with Crippen molar-refractivity contribution in [1.82, 2.24) is 5.32 Å². The Balaban J connectivity index is 1.87. The van der Waals surface area contributed by atoms with Crippen molar-refractivity contribution < 1.29 is 14.5 Å². The molecule has 2 aromatic rings. The summed E-state index contributed by atoms with van der Waals surface area (Å²) in [7, 11) is 1.65. The molecule has 6 nitrogen and oxygen atoms in total. The summed E-state index contributed by atoms with van der Waals surface area (Å²) in [5.41, 5.74) is 0.800. The minimum absolute atomic E-state index is 0.102. The van der Waals surface area contributed by atoms with Crippen molar-refractivity contribution in [1.29, 1.82) is 0 Å². The van der Waals surface area contributed by atoms with E-state index in [1.165, 1.54) is 17.8 Å². The lowest BCUT2D eigenvalue weighted by atomic mass is 9.78. The summed E-state index contributed by atoms with van der Waals surface area (Å²) in [6, 6.07) is 12.5. The van der Waals surface area contributed by atoms with E-state index in [9.17, 15) is 14.9 Å². The van der Waals surface area contributed by atoms with Crippen molar-refractivity contribution >= 4 is 23.4 Å². The number of ether oxygens (including phenoxy) is 1.